The molecule has 2 rings (SSSR count). The predicted octanol–water partition coefficient (Wildman–Crippen LogP) is 3.46. The Hall–Kier alpha value is -2.05. The van der Waals surface area contributed by atoms with E-state index in [9.17, 15) is 18.3 Å². The molecule has 0 aromatic heterocycles. The van der Waals surface area contributed by atoms with Crippen molar-refractivity contribution in [1.82, 2.24) is 0 Å². The average molecular weight is 340 g/mol. The van der Waals surface area contributed by atoms with E-state index in [1.807, 2.05) is 0 Å². The van der Waals surface area contributed by atoms with Crippen LogP contribution in [0.1, 0.15) is 21.5 Å². The molecule has 0 saturated carbocycles. The molecule has 2 N–H and O–H groups in total. The zero-order valence-electron chi connectivity index (χ0n) is 11.9. The maximum atomic E-state index is 12.5. The van der Waals surface area contributed by atoms with E-state index in [0.717, 1.165) is 0 Å². The number of benzene rings is 2. The summed E-state index contributed by atoms with van der Waals surface area (Å²) in [7, 11) is -3.94. The number of halogens is 1. The fourth-order valence-electron chi connectivity index (χ4n) is 2.03. The summed E-state index contributed by atoms with van der Waals surface area (Å²) in [6.45, 7) is 3.27. The number of aromatic carboxylic acids is 1. The van der Waals surface area contributed by atoms with Crippen LogP contribution in [0.15, 0.2) is 41.3 Å². The molecule has 0 heterocycles. The third kappa shape index (κ3) is 3.23. The molecule has 5 nitrogen and oxygen atoms in total. The Kier molecular flexibility index (Phi) is 4.44. The molecule has 0 radical (unpaired) electrons. The van der Waals surface area contributed by atoms with Gasteiger partial charge in [0.2, 0.25) is 0 Å². The summed E-state index contributed by atoms with van der Waals surface area (Å²) < 4.78 is 27.4. The van der Waals surface area contributed by atoms with E-state index >= 15 is 0 Å². The zero-order valence-corrected chi connectivity index (χ0v) is 13.5. The van der Waals surface area contributed by atoms with Gasteiger partial charge in [0.1, 0.15) is 0 Å². The fourth-order valence-corrected chi connectivity index (χ4v) is 3.69. The van der Waals surface area contributed by atoms with Gasteiger partial charge in [-0.1, -0.05) is 29.8 Å². The molecule has 0 aliphatic carbocycles. The second-order valence-corrected chi connectivity index (χ2v) is 6.91. The van der Waals surface area contributed by atoms with E-state index in [1.165, 1.54) is 12.1 Å². The lowest BCUT2D eigenvalue weighted by atomic mass is 10.1. The van der Waals surface area contributed by atoms with E-state index < -0.39 is 16.0 Å². The van der Waals surface area contributed by atoms with Crippen LogP contribution in [0.3, 0.4) is 0 Å². The van der Waals surface area contributed by atoms with Crippen molar-refractivity contribution in [3.05, 3.63) is 58.1 Å². The van der Waals surface area contributed by atoms with Crippen molar-refractivity contribution in [2.45, 2.75) is 18.7 Å². The molecule has 0 atom stereocenters. The summed E-state index contributed by atoms with van der Waals surface area (Å²) in [5, 5.41) is 9.49. The van der Waals surface area contributed by atoms with E-state index in [4.69, 9.17) is 11.6 Å². The smallest absolute Gasteiger partial charge is 0.337 e. The molecule has 0 fully saturated rings. The van der Waals surface area contributed by atoms with E-state index in [1.54, 1.807) is 38.1 Å². The lowest BCUT2D eigenvalue weighted by Gasteiger charge is -2.14. The minimum absolute atomic E-state index is 0.0135. The van der Waals surface area contributed by atoms with Gasteiger partial charge < -0.3 is 5.11 Å². The van der Waals surface area contributed by atoms with Crippen molar-refractivity contribution < 1.29 is 18.3 Å². The Balaban J connectivity index is 2.55. The number of rotatable bonds is 4. The van der Waals surface area contributed by atoms with Crippen LogP contribution in [0.2, 0.25) is 5.02 Å². The highest BCUT2D eigenvalue weighted by molar-refractivity contribution is 7.92. The molecular formula is C15H14ClNO4S. The zero-order chi connectivity index (χ0) is 16.5. The molecule has 2 aromatic rings. The van der Waals surface area contributed by atoms with Gasteiger partial charge in [-0.3, -0.25) is 4.72 Å². The highest BCUT2D eigenvalue weighted by Crippen LogP contribution is 2.26. The normalized spacial score (nSPS) is 11.2. The van der Waals surface area contributed by atoms with Crippen molar-refractivity contribution in [2.24, 2.45) is 0 Å². The van der Waals surface area contributed by atoms with Crippen LogP contribution in [0.4, 0.5) is 5.69 Å². The number of nitrogens with one attached hydrogen (secondary N) is 1. The summed E-state index contributed by atoms with van der Waals surface area (Å²) >= 11 is 5.85. The predicted molar refractivity (Wildman–Crippen MR) is 85.1 cm³/mol. The minimum atomic E-state index is -3.94. The van der Waals surface area contributed by atoms with Crippen LogP contribution in [0.5, 0.6) is 0 Å². The van der Waals surface area contributed by atoms with Crippen molar-refractivity contribution >= 4 is 33.3 Å². The Labute approximate surface area is 133 Å². The Morgan fingerprint density at radius 1 is 1.14 bits per heavy atom. The van der Waals surface area contributed by atoms with Gasteiger partial charge in [0, 0.05) is 5.02 Å². The first kappa shape index (κ1) is 16.3. The van der Waals surface area contributed by atoms with Gasteiger partial charge in [0.25, 0.3) is 10.0 Å². The SMILES string of the molecule is Cc1ccc(Cl)cc1S(=O)(=O)Nc1c(C)cccc1C(=O)O. The van der Waals surface area contributed by atoms with Crippen molar-refractivity contribution in [3.8, 4) is 0 Å². The van der Waals surface area contributed by atoms with E-state index in [0.29, 0.717) is 11.1 Å². The van der Waals surface area contributed by atoms with Gasteiger partial charge in [-0.25, -0.2) is 13.2 Å². The fraction of sp³-hybridized carbons (Fsp3) is 0.133. The summed E-state index contributed by atoms with van der Waals surface area (Å²) in [6, 6.07) is 9.05. The number of aryl methyl sites for hydroxylation is 2. The van der Waals surface area contributed by atoms with Crippen LogP contribution >= 0.6 is 11.6 Å². The summed E-state index contributed by atoms with van der Waals surface area (Å²) in [4.78, 5) is 11.3. The first-order valence-corrected chi connectivity index (χ1v) is 8.20. The second-order valence-electron chi connectivity index (χ2n) is 4.82. The molecule has 0 spiro atoms. The van der Waals surface area contributed by atoms with Gasteiger partial charge in [0.15, 0.2) is 0 Å². The Morgan fingerprint density at radius 3 is 2.45 bits per heavy atom. The standard InChI is InChI=1S/C15H14ClNO4S/c1-9-6-7-11(16)8-13(9)22(20,21)17-14-10(2)4-3-5-12(14)15(18)19/h3-8,17H,1-2H3,(H,18,19). The monoisotopic (exact) mass is 339 g/mol. The van der Waals surface area contributed by atoms with Crippen LogP contribution in [-0.2, 0) is 10.0 Å². The van der Waals surface area contributed by atoms with Crippen molar-refractivity contribution in [1.29, 1.82) is 0 Å². The molecule has 116 valence electrons. The van der Waals surface area contributed by atoms with Crippen LogP contribution in [-0.4, -0.2) is 19.5 Å². The average Bonchev–Trinajstić information content (AvgIpc) is 2.43. The Morgan fingerprint density at radius 2 is 1.82 bits per heavy atom. The van der Waals surface area contributed by atoms with Gasteiger partial charge in [-0.15, -0.1) is 0 Å². The molecule has 2 aromatic carbocycles. The third-order valence-electron chi connectivity index (χ3n) is 3.18. The number of anilines is 1. The van der Waals surface area contributed by atoms with E-state index in [-0.39, 0.29) is 21.2 Å². The minimum Gasteiger partial charge on any atom is -0.478 e. The summed E-state index contributed by atoms with van der Waals surface area (Å²) in [5.74, 6) is -1.20. The molecule has 22 heavy (non-hydrogen) atoms. The van der Waals surface area contributed by atoms with Crippen LogP contribution < -0.4 is 4.72 Å². The maximum absolute atomic E-state index is 12.5. The quantitative estimate of drug-likeness (QED) is 0.893. The van der Waals surface area contributed by atoms with Gasteiger partial charge in [-0.2, -0.15) is 0 Å². The van der Waals surface area contributed by atoms with Gasteiger partial charge in [-0.05, 0) is 43.2 Å². The van der Waals surface area contributed by atoms with Crippen molar-refractivity contribution in [3.63, 3.8) is 0 Å². The molecule has 0 aliphatic heterocycles. The van der Waals surface area contributed by atoms with Crippen LogP contribution in [0, 0.1) is 13.8 Å². The first-order valence-electron chi connectivity index (χ1n) is 6.34. The molecule has 0 bridgehead atoms. The number of sulfonamides is 1. The molecule has 0 aliphatic rings. The summed E-state index contributed by atoms with van der Waals surface area (Å²) in [6.07, 6.45) is 0. The molecule has 0 unspecified atom stereocenters. The van der Waals surface area contributed by atoms with Crippen molar-refractivity contribution in [2.75, 3.05) is 4.72 Å². The lowest BCUT2D eigenvalue weighted by molar-refractivity contribution is 0.0698. The van der Waals surface area contributed by atoms with Gasteiger partial charge >= 0.3 is 5.97 Å². The topological polar surface area (TPSA) is 83.5 Å². The molecule has 0 amide bonds. The third-order valence-corrected chi connectivity index (χ3v) is 4.91. The largest absolute Gasteiger partial charge is 0.478 e. The number of carboxylic acid groups (broad SMARTS) is 1. The van der Waals surface area contributed by atoms with Gasteiger partial charge in [0.05, 0.1) is 16.1 Å². The maximum Gasteiger partial charge on any atom is 0.337 e. The Bertz CT molecular complexity index is 847. The number of carboxylic acids is 1. The number of hydrogen-bond donors (Lipinski definition) is 2. The molecule has 0 saturated heterocycles. The molecular weight excluding hydrogens is 326 g/mol. The highest BCUT2D eigenvalue weighted by atomic mass is 35.5. The lowest BCUT2D eigenvalue weighted by Crippen LogP contribution is -2.17. The second kappa shape index (κ2) is 5.98. The first-order chi connectivity index (χ1) is 10.2. The number of hydrogen-bond acceptors (Lipinski definition) is 3. The number of para-hydroxylation sites is 1. The number of carbonyl (C=O) groups is 1. The summed E-state index contributed by atoms with van der Waals surface area (Å²) in [5.41, 5.74) is 0.975. The van der Waals surface area contributed by atoms with Crippen LogP contribution in [0.25, 0.3) is 0 Å². The van der Waals surface area contributed by atoms with E-state index in [2.05, 4.69) is 4.72 Å². The highest BCUT2D eigenvalue weighted by Gasteiger charge is 2.21. The molecule has 7 heteroatoms.